The Balaban J connectivity index is 1.71. The Morgan fingerprint density at radius 2 is 1.81 bits per heavy atom. The predicted octanol–water partition coefficient (Wildman–Crippen LogP) is 3.73. The van der Waals surface area contributed by atoms with Crippen LogP contribution in [0.15, 0.2) is 71.8 Å². The van der Waals surface area contributed by atoms with E-state index in [1.54, 1.807) is 4.57 Å². The molecule has 0 bridgehead atoms. The molecule has 2 heterocycles. The second-order valence-electron chi connectivity index (χ2n) is 7.43. The highest BCUT2D eigenvalue weighted by atomic mass is 16.1. The van der Waals surface area contributed by atoms with E-state index in [1.165, 1.54) is 0 Å². The van der Waals surface area contributed by atoms with E-state index in [0.29, 0.717) is 11.9 Å². The molecule has 4 aromatic rings. The van der Waals surface area contributed by atoms with E-state index >= 15 is 0 Å². The summed E-state index contributed by atoms with van der Waals surface area (Å²) >= 11 is 0. The molecule has 0 N–H and O–H groups in total. The van der Waals surface area contributed by atoms with E-state index in [1.807, 2.05) is 80.3 Å². The minimum Gasteiger partial charge on any atom is -0.304 e. The smallest absolute Gasteiger partial charge is 0.259 e. The maximum atomic E-state index is 13.1. The summed E-state index contributed by atoms with van der Waals surface area (Å²) in [5.74, 6) is 0. The van der Waals surface area contributed by atoms with Crippen molar-refractivity contribution in [3.63, 3.8) is 0 Å². The van der Waals surface area contributed by atoms with Gasteiger partial charge in [0.15, 0.2) is 0 Å². The van der Waals surface area contributed by atoms with Crippen molar-refractivity contribution in [3.05, 3.63) is 94.2 Å². The highest BCUT2D eigenvalue weighted by Crippen LogP contribution is 2.23. The van der Waals surface area contributed by atoms with Gasteiger partial charge in [-0.2, -0.15) is 0 Å². The van der Waals surface area contributed by atoms with Crippen LogP contribution in [-0.2, 0) is 12.1 Å². The van der Waals surface area contributed by atoms with E-state index in [2.05, 4.69) is 22.4 Å². The molecule has 0 aliphatic rings. The second-order valence-corrected chi connectivity index (χ2v) is 7.43. The molecule has 0 amide bonds. The van der Waals surface area contributed by atoms with Crippen molar-refractivity contribution >= 4 is 10.8 Å². The molecular formula is C22H22N4O. The van der Waals surface area contributed by atoms with Gasteiger partial charge in [0.2, 0.25) is 0 Å². The Morgan fingerprint density at radius 3 is 2.59 bits per heavy atom. The number of rotatable bonds is 4. The summed E-state index contributed by atoms with van der Waals surface area (Å²) in [6, 6.07) is 18.0. The maximum Gasteiger partial charge on any atom is 0.259 e. The third-order valence-electron chi connectivity index (χ3n) is 5.01. The van der Waals surface area contributed by atoms with Gasteiger partial charge in [-0.15, -0.1) is 5.10 Å². The predicted molar refractivity (Wildman–Crippen MR) is 107 cm³/mol. The van der Waals surface area contributed by atoms with Crippen LogP contribution in [0.5, 0.6) is 0 Å². The molecule has 0 fully saturated rings. The Hall–Kier alpha value is -3.21. The Labute approximate surface area is 157 Å². The topological polar surface area (TPSA) is 52.7 Å². The summed E-state index contributed by atoms with van der Waals surface area (Å²) in [6.07, 6.45) is 3.76. The molecule has 2 aromatic heterocycles. The van der Waals surface area contributed by atoms with Gasteiger partial charge in [0.25, 0.3) is 5.56 Å². The van der Waals surface area contributed by atoms with Crippen molar-refractivity contribution in [3.8, 4) is 0 Å². The van der Waals surface area contributed by atoms with Gasteiger partial charge in [-0.25, -0.2) is 4.68 Å². The number of nitrogens with zero attached hydrogens (tertiary/aromatic N) is 4. The first-order valence-electron chi connectivity index (χ1n) is 9.02. The van der Waals surface area contributed by atoms with Crippen LogP contribution in [0.4, 0.5) is 0 Å². The summed E-state index contributed by atoms with van der Waals surface area (Å²) in [5, 5.41) is 10.3. The van der Waals surface area contributed by atoms with Crippen molar-refractivity contribution in [2.75, 3.05) is 0 Å². The minimum atomic E-state index is -0.606. The molecule has 0 saturated carbocycles. The van der Waals surface area contributed by atoms with Gasteiger partial charge in [0.05, 0.1) is 18.3 Å². The zero-order valence-corrected chi connectivity index (χ0v) is 15.8. The van der Waals surface area contributed by atoms with E-state index in [-0.39, 0.29) is 5.56 Å². The number of pyridine rings is 1. The van der Waals surface area contributed by atoms with Crippen LogP contribution < -0.4 is 5.56 Å². The summed E-state index contributed by atoms with van der Waals surface area (Å²) in [7, 11) is 0. The van der Waals surface area contributed by atoms with Crippen LogP contribution in [0.3, 0.4) is 0 Å². The molecule has 136 valence electrons. The van der Waals surface area contributed by atoms with E-state index in [9.17, 15) is 4.79 Å². The average molecular weight is 358 g/mol. The first-order valence-corrected chi connectivity index (χ1v) is 9.02. The molecule has 4 rings (SSSR count). The number of fused-ring (bicyclic) bond motifs is 1. The quantitative estimate of drug-likeness (QED) is 0.558. The zero-order valence-electron chi connectivity index (χ0n) is 15.8. The Kier molecular flexibility index (Phi) is 4.15. The molecular weight excluding hydrogens is 336 g/mol. The lowest BCUT2D eigenvalue weighted by Crippen LogP contribution is -2.37. The molecule has 0 atom stereocenters. The Morgan fingerprint density at radius 1 is 1.04 bits per heavy atom. The number of hydrogen-bond donors (Lipinski definition) is 0. The fourth-order valence-corrected chi connectivity index (χ4v) is 3.36. The summed E-state index contributed by atoms with van der Waals surface area (Å²) < 4.78 is 3.55. The number of benzene rings is 2. The van der Waals surface area contributed by atoms with Crippen LogP contribution in [0.25, 0.3) is 10.8 Å². The summed E-state index contributed by atoms with van der Waals surface area (Å²) in [5.41, 5.74) is 2.43. The van der Waals surface area contributed by atoms with Gasteiger partial charge in [0.1, 0.15) is 5.69 Å². The first-order chi connectivity index (χ1) is 12.9. The lowest BCUT2D eigenvalue weighted by Gasteiger charge is -2.25. The highest BCUT2D eigenvalue weighted by Gasteiger charge is 2.28. The first kappa shape index (κ1) is 17.2. The summed E-state index contributed by atoms with van der Waals surface area (Å²) in [6.45, 7) is 6.66. The van der Waals surface area contributed by atoms with E-state index in [4.69, 9.17) is 0 Å². The molecule has 0 aliphatic heterocycles. The molecule has 0 spiro atoms. The van der Waals surface area contributed by atoms with Gasteiger partial charge < -0.3 is 4.57 Å². The minimum absolute atomic E-state index is 0.0184. The van der Waals surface area contributed by atoms with Crippen molar-refractivity contribution < 1.29 is 0 Å². The van der Waals surface area contributed by atoms with E-state index in [0.717, 1.165) is 22.2 Å². The zero-order chi connectivity index (χ0) is 19.0. The normalized spacial score (nSPS) is 11.8. The molecule has 0 saturated heterocycles. The fraction of sp³-hybridized carbons (Fsp3) is 0.227. The molecule has 0 unspecified atom stereocenters. The second kappa shape index (κ2) is 6.50. The van der Waals surface area contributed by atoms with Crippen molar-refractivity contribution in [1.29, 1.82) is 0 Å². The molecule has 2 aromatic carbocycles. The van der Waals surface area contributed by atoms with Gasteiger partial charge in [-0.1, -0.05) is 53.2 Å². The van der Waals surface area contributed by atoms with Gasteiger partial charge in [-0.05, 0) is 43.9 Å². The molecule has 27 heavy (non-hydrogen) atoms. The van der Waals surface area contributed by atoms with E-state index < -0.39 is 5.54 Å². The van der Waals surface area contributed by atoms with Crippen LogP contribution in [0, 0.1) is 6.92 Å². The third-order valence-corrected chi connectivity index (χ3v) is 5.01. The van der Waals surface area contributed by atoms with Gasteiger partial charge in [-0.3, -0.25) is 4.79 Å². The van der Waals surface area contributed by atoms with Gasteiger partial charge >= 0.3 is 0 Å². The summed E-state index contributed by atoms with van der Waals surface area (Å²) in [4.78, 5) is 13.1. The lowest BCUT2D eigenvalue weighted by molar-refractivity contribution is 0.411. The number of hydrogen-bond acceptors (Lipinski definition) is 3. The van der Waals surface area contributed by atoms with Crippen molar-refractivity contribution in [2.45, 2.75) is 32.9 Å². The monoisotopic (exact) mass is 358 g/mol. The van der Waals surface area contributed by atoms with Gasteiger partial charge in [0, 0.05) is 11.6 Å². The number of aryl methyl sites for hydroxylation is 1. The van der Waals surface area contributed by atoms with Crippen LogP contribution in [-0.4, -0.2) is 19.6 Å². The fourth-order valence-electron chi connectivity index (χ4n) is 3.36. The third kappa shape index (κ3) is 3.16. The largest absolute Gasteiger partial charge is 0.304 e. The highest BCUT2D eigenvalue weighted by molar-refractivity contribution is 5.82. The molecule has 0 aliphatic carbocycles. The maximum absolute atomic E-state index is 13.1. The van der Waals surface area contributed by atoms with Crippen molar-refractivity contribution in [2.24, 2.45) is 0 Å². The standard InChI is InChI=1S/C22H22N4O/c1-16-9-10-19-18(13-16)11-12-26(21(19)27)22(2,3)20-15-25(24-23-20)14-17-7-5-4-6-8-17/h4-13,15H,14H2,1-3H3. The van der Waals surface area contributed by atoms with Crippen LogP contribution >= 0.6 is 0 Å². The van der Waals surface area contributed by atoms with Crippen molar-refractivity contribution in [1.82, 2.24) is 19.6 Å². The average Bonchev–Trinajstić information content (AvgIpc) is 3.12. The SMILES string of the molecule is Cc1ccc2c(=O)n(C(C)(C)c3cn(Cc4ccccc4)nn3)ccc2c1. The lowest BCUT2D eigenvalue weighted by atomic mass is 10.00. The van der Waals surface area contributed by atoms with Crippen LogP contribution in [0.1, 0.15) is 30.7 Å². The molecule has 0 radical (unpaired) electrons. The number of aromatic nitrogens is 4. The Bertz CT molecular complexity index is 1160. The van der Waals surface area contributed by atoms with Crippen LogP contribution in [0.2, 0.25) is 0 Å². The molecule has 5 nitrogen and oxygen atoms in total. The molecule has 5 heteroatoms.